The molecule has 0 saturated carbocycles. The molecule has 0 bridgehead atoms. The average molecular weight is 628 g/mol. The third-order valence-corrected chi connectivity index (χ3v) is 8.71. The Morgan fingerprint density at radius 3 is 2.59 bits per heavy atom. The summed E-state index contributed by atoms with van der Waals surface area (Å²) in [7, 11) is -4.43. The number of carbonyl (C=O) groups is 1. The lowest BCUT2D eigenvalue weighted by Gasteiger charge is -2.30. The van der Waals surface area contributed by atoms with Crippen LogP contribution in [0.4, 0.5) is 4.39 Å². The van der Waals surface area contributed by atoms with Gasteiger partial charge in [-0.1, -0.05) is 66.7 Å². The van der Waals surface area contributed by atoms with Crippen LogP contribution in [0, 0.1) is 5.82 Å². The van der Waals surface area contributed by atoms with Crippen molar-refractivity contribution in [2.75, 3.05) is 6.61 Å². The van der Waals surface area contributed by atoms with Gasteiger partial charge in [-0.2, -0.15) is 9.48 Å². The largest absolute Gasteiger partial charge is 0.459 e. The number of nitrogens with one attached hydrogen (secondary N) is 2. The molecule has 1 aliphatic heterocycles. The summed E-state index contributed by atoms with van der Waals surface area (Å²) in [6.45, 7) is 2.38. The first-order chi connectivity index (χ1) is 20.9. The van der Waals surface area contributed by atoms with Gasteiger partial charge in [0.2, 0.25) is 5.82 Å². The number of aliphatic hydroxyl groups is 1. The molecule has 44 heavy (non-hydrogen) atoms. The van der Waals surface area contributed by atoms with E-state index in [0.717, 1.165) is 15.5 Å². The van der Waals surface area contributed by atoms with Gasteiger partial charge in [-0.25, -0.2) is 9.36 Å². The van der Waals surface area contributed by atoms with Crippen LogP contribution < -0.4 is 20.9 Å². The maximum absolute atomic E-state index is 14.3. The zero-order chi connectivity index (χ0) is 31.5. The van der Waals surface area contributed by atoms with Crippen molar-refractivity contribution in [1.82, 2.24) is 14.6 Å². The van der Waals surface area contributed by atoms with Crippen LogP contribution in [0.3, 0.4) is 0 Å². The summed E-state index contributed by atoms with van der Waals surface area (Å²) in [5.74, 6) is -1.74. The highest BCUT2D eigenvalue weighted by molar-refractivity contribution is 7.52. The number of ether oxygens (including phenoxy) is 2. The molecule has 14 heteroatoms. The zero-order valence-electron chi connectivity index (χ0n) is 23.8. The standard InChI is InChI=1S/C30H31FN3O9P/c1-30(2,28(37)40-17-19-9-4-3-5-10-19)33-44(39,43-24-14-8-12-20-11-6-7-13-21(20)24)41-18-25-23(35)15-26(42-25)34-16-22(31)27(36)32-29(34)38/h3-14,16,23,25-26,35H,15,17-18H2,1-2H3,(H,33,39)(H,32,36,38)/t23-,25+,26+,44?/m0/s1. The minimum Gasteiger partial charge on any atom is -0.459 e. The van der Waals surface area contributed by atoms with Gasteiger partial charge in [0.1, 0.15) is 30.2 Å². The van der Waals surface area contributed by atoms with E-state index < -0.39 is 61.4 Å². The van der Waals surface area contributed by atoms with E-state index in [1.54, 1.807) is 48.5 Å². The summed E-state index contributed by atoms with van der Waals surface area (Å²) in [5.41, 5.74) is -2.94. The molecule has 2 heterocycles. The zero-order valence-corrected chi connectivity index (χ0v) is 24.7. The maximum atomic E-state index is 14.3. The second-order valence-corrected chi connectivity index (χ2v) is 12.4. The van der Waals surface area contributed by atoms with E-state index >= 15 is 0 Å². The molecule has 0 aliphatic carbocycles. The predicted octanol–water partition coefficient (Wildman–Crippen LogP) is 3.79. The van der Waals surface area contributed by atoms with Crippen molar-refractivity contribution < 1.29 is 37.4 Å². The van der Waals surface area contributed by atoms with E-state index in [4.69, 9.17) is 18.5 Å². The van der Waals surface area contributed by atoms with Crippen LogP contribution in [0.5, 0.6) is 5.75 Å². The van der Waals surface area contributed by atoms with Crippen LogP contribution in [0.15, 0.2) is 88.6 Å². The first-order valence-electron chi connectivity index (χ1n) is 13.7. The molecule has 0 amide bonds. The lowest BCUT2D eigenvalue weighted by atomic mass is 10.1. The molecule has 3 N–H and O–H groups in total. The van der Waals surface area contributed by atoms with Crippen molar-refractivity contribution in [3.05, 3.63) is 111 Å². The molecule has 12 nitrogen and oxygen atoms in total. The van der Waals surface area contributed by atoms with Crippen molar-refractivity contribution in [3.8, 4) is 5.75 Å². The van der Waals surface area contributed by atoms with Gasteiger partial charge < -0.3 is 19.1 Å². The van der Waals surface area contributed by atoms with E-state index in [0.29, 0.717) is 11.6 Å². The first kappa shape index (κ1) is 31.3. The summed E-state index contributed by atoms with van der Waals surface area (Å²) in [5, 5.41) is 14.8. The van der Waals surface area contributed by atoms with Gasteiger partial charge in [0, 0.05) is 11.8 Å². The Morgan fingerprint density at radius 2 is 1.82 bits per heavy atom. The van der Waals surface area contributed by atoms with Crippen molar-refractivity contribution in [3.63, 3.8) is 0 Å². The molecule has 1 aliphatic rings. The Labute approximate surface area is 250 Å². The highest BCUT2D eigenvalue weighted by Crippen LogP contribution is 2.48. The Kier molecular flexibility index (Phi) is 9.14. The normalized spacial score (nSPS) is 19.9. The van der Waals surface area contributed by atoms with Crippen LogP contribution in [-0.4, -0.2) is 45.0 Å². The van der Waals surface area contributed by atoms with Gasteiger partial charge in [0.05, 0.1) is 18.9 Å². The van der Waals surface area contributed by atoms with Crippen LogP contribution in [-0.2, 0) is 30.0 Å². The van der Waals surface area contributed by atoms with Crippen LogP contribution >= 0.6 is 7.75 Å². The lowest BCUT2D eigenvalue weighted by Crippen LogP contribution is -2.47. The van der Waals surface area contributed by atoms with Gasteiger partial charge in [-0.3, -0.25) is 23.7 Å². The topological polar surface area (TPSA) is 158 Å². The number of aliphatic hydroxyl groups excluding tert-OH is 1. The molecule has 4 aromatic rings. The monoisotopic (exact) mass is 627 g/mol. The molecule has 1 fully saturated rings. The third-order valence-electron chi connectivity index (χ3n) is 6.96. The Bertz CT molecular complexity index is 1810. The number of nitrogens with zero attached hydrogens (tertiary/aromatic N) is 1. The number of halogens is 1. The number of hydrogen-bond acceptors (Lipinski definition) is 9. The van der Waals surface area contributed by atoms with E-state index in [1.807, 2.05) is 29.2 Å². The van der Waals surface area contributed by atoms with E-state index in [-0.39, 0.29) is 18.8 Å². The second-order valence-electron chi connectivity index (χ2n) is 10.7. The number of rotatable bonds is 11. The second kappa shape index (κ2) is 12.8. The Morgan fingerprint density at radius 1 is 1.11 bits per heavy atom. The van der Waals surface area contributed by atoms with Crippen LogP contribution in [0.25, 0.3) is 10.8 Å². The highest BCUT2D eigenvalue weighted by Gasteiger charge is 2.43. The van der Waals surface area contributed by atoms with Gasteiger partial charge in [0.15, 0.2) is 0 Å². The average Bonchev–Trinajstić information content (AvgIpc) is 3.37. The van der Waals surface area contributed by atoms with Gasteiger partial charge in [-0.15, -0.1) is 0 Å². The fourth-order valence-electron chi connectivity index (χ4n) is 4.66. The molecule has 1 saturated heterocycles. The quantitative estimate of drug-likeness (QED) is 0.165. The fraction of sp³-hybridized carbons (Fsp3) is 0.300. The number of aromatic amines is 1. The summed E-state index contributed by atoms with van der Waals surface area (Å²) in [4.78, 5) is 38.6. The van der Waals surface area contributed by atoms with Crippen molar-refractivity contribution in [2.24, 2.45) is 0 Å². The Balaban J connectivity index is 1.36. The van der Waals surface area contributed by atoms with Crippen molar-refractivity contribution >= 4 is 24.5 Å². The number of H-pyrrole nitrogens is 1. The molecule has 4 atom stereocenters. The van der Waals surface area contributed by atoms with E-state index in [9.17, 15) is 28.4 Å². The van der Waals surface area contributed by atoms with Gasteiger partial charge >= 0.3 is 19.4 Å². The summed E-state index contributed by atoms with van der Waals surface area (Å²) in [6.07, 6.45) is -2.98. The number of hydrogen-bond donors (Lipinski definition) is 3. The molecule has 1 aromatic heterocycles. The predicted molar refractivity (Wildman–Crippen MR) is 157 cm³/mol. The number of fused-ring (bicyclic) bond motifs is 1. The lowest BCUT2D eigenvalue weighted by molar-refractivity contribution is -0.151. The number of benzene rings is 3. The minimum atomic E-state index is -4.43. The van der Waals surface area contributed by atoms with Gasteiger partial charge in [0.25, 0.3) is 5.56 Å². The molecule has 0 spiro atoms. The van der Waals surface area contributed by atoms with Crippen LogP contribution in [0.1, 0.15) is 32.1 Å². The molecule has 3 aromatic carbocycles. The van der Waals surface area contributed by atoms with Gasteiger partial charge in [-0.05, 0) is 30.9 Å². The highest BCUT2D eigenvalue weighted by atomic mass is 31.2. The smallest absolute Gasteiger partial charge is 0.459 e. The van der Waals surface area contributed by atoms with Crippen molar-refractivity contribution in [1.29, 1.82) is 0 Å². The number of carbonyl (C=O) groups excluding carboxylic acids is 1. The third kappa shape index (κ3) is 7.15. The summed E-state index contributed by atoms with van der Waals surface area (Å²) in [6, 6.07) is 21.4. The number of esters is 1. The van der Waals surface area contributed by atoms with E-state index in [1.165, 1.54) is 13.8 Å². The number of aromatic nitrogens is 2. The molecular weight excluding hydrogens is 596 g/mol. The summed E-state index contributed by atoms with van der Waals surface area (Å²) < 4.78 is 51.9. The molecule has 0 radical (unpaired) electrons. The van der Waals surface area contributed by atoms with Crippen LogP contribution in [0.2, 0.25) is 0 Å². The Hall–Kier alpha value is -4.13. The van der Waals surface area contributed by atoms with Crippen molar-refractivity contribution in [2.45, 2.75) is 50.8 Å². The van der Waals surface area contributed by atoms with E-state index in [2.05, 4.69) is 5.09 Å². The SMILES string of the molecule is CC(C)(NP(=O)(OC[C@H]1O[C@@H](n2cc(F)c(=O)[nH]c2=O)C[C@@H]1O)Oc1cccc2ccccc12)C(=O)OCc1ccccc1. The molecule has 1 unspecified atom stereocenters. The fourth-order valence-corrected chi connectivity index (χ4v) is 6.36. The maximum Gasteiger partial charge on any atom is 0.459 e. The summed E-state index contributed by atoms with van der Waals surface area (Å²) >= 11 is 0. The molecule has 5 rings (SSSR count). The first-order valence-corrected chi connectivity index (χ1v) is 15.3. The minimum absolute atomic E-state index is 0.0195. The molecule has 232 valence electrons. The molecular formula is C30H31FN3O9P.